The van der Waals surface area contributed by atoms with E-state index in [1.807, 2.05) is 6.92 Å². The zero-order valence-electron chi connectivity index (χ0n) is 13.2. The van der Waals surface area contributed by atoms with Crippen LogP contribution >= 0.6 is 0 Å². The predicted octanol–water partition coefficient (Wildman–Crippen LogP) is 2.77. The number of benzene rings is 1. The Labute approximate surface area is 134 Å². The molecule has 0 saturated carbocycles. The molecule has 0 aromatic heterocycles. The summed E-state index contributed by atoms with van der Waals surface area (Å²) >= 11 is 0. The standard InChI is InChI=1S/C17H21F2NO3/c1-2-22-13-9-17(23-10-13)6-3-7-20(11-17)16(21)12-4-5-14(18)15(19)8-12/h4-5,8,13H,2-3,6-7,9-11H2,1H3/t13-,17+/m0/s1. The van der Waals surface area contributed by atoms with Gasteiger partial charge in [-0.3, -0.25) is 4.79 Å². The summed E-state index contributed by atoms with van der Waals surface area (Å²) in [6.07, 6.45) is 2.55. The van der Waals surface area contributed by atoms with Crippen LogP contribution in [0.2, 0.25) is 0 Å². The number of nitrogens with zero attached hydrogens (tertiary/aromatic N) is 1. The molecule has 4 nitrogen and oxygen atoms in total. The first-order valence-electron chi connectivity index (χ1n) is 8.03. The Morgan fingerprint density at radius 1 is 1.43 bits per heavy atom. The second-order valence-electron chi connectivity index (χ2n) is 6.23. The zero-order chi connectivity index (χ0) is 16.4. The average molecular weight is 325 g/mol. The smallest absolute Gasteiger partial charge is 0.254 e. The minimum Gasteiger partial charge on any atom is -0.376 e. The maximum absolute atomic E-state index is 13.4. The second kappa shape index (κ2) is 6.53. The van der Waals surface area contributed by atoms with Gasteiger partial charge in [0.2, 0.25) is 0 Å². The van der Waals surface area contributed by atoms with Crippen LogP contribution in [0.25, 0.3) is 0 Å². The highest BCUT2D eigenvalue weighted by Gasteiger charge is 2.44. The molecular weight excluding hydrogens is 304 g/mol. The van der Waals surface area contributed by atoms with Gasteiger partial charge in [-0.05, 0) is 38.0 Å². The van der Waals surface area contributed by atoms with Crippen LogP contribution in [0.15, 0.2) is 18.2 Å². The van der Waals surface area contributed by atoms with Gasteiger partial charge in [-0.1, -0.05) is 0 Å². The number of rotatable bonds is 3. The van der Waals surface area contributed by atoms with Gasteiger partial charge in [-0.2, -0.15) is 0 Å². The number of piperidine rings is 1. The fourth-order valence-corrected chi connectivity index (χ4v) is 3.51. The first kappa shape index (κ1) is 16.3. The van der Waals surface area contributed by atoms with Crippen molar-refractivity contribution in [3.05, 3.63) is 35.4 Å². The quantitative estimate of drug-likeness (QED) is 0.858. The van der Waals surface area contributed by atoms with Gasteiger partial charge in [0.15, 0.2) is 11.6 Å². The summed E-state index contributed by atoms with van der Waals surface area (Å²) in [6, 6.07) is 3.26. The zero-order valence-corrected chi connectivity index (χ0v) is 13.2. The maximum Gasteiger partial charge on any atom is 0.254 e. The summed E-state index contributed by atoms with van der Waals surface area (Å²) in [5.74, 6) is -2.24. The van der Waals surface area contributed by atoms with Crippen molar-refractivity contribution in [1.82, 2.24) is 4.90 Å². The number of halogens is 2. The lowest BCUT2D eigenvalue weighted by atomic mass is 9.89. The summed E-state index contributed by atoms with van der Waals surface area (Å²) in [7, 11) is 0. The van der Waals surface area contributed by atoms with Crippen LogP contribution in [0.5, 0.6) is 0 Å². The molecule has 2 heterocycles. The number of likely N-dealkylation sites (tertiary alicyclic amines) is 1. The normalized spacial score (nSPS) is 27.6. The van der Waals surface area contributed by atoms with E-state index in [1.54, 1.807) is 4.90 Å². The van der Waals surface area contributed by atoms with Gasteiger partial charge in [0.25, 0.3) is 5.91 Å². The molecule has 2 atom stereocenters. The maximum atomic E-state index is 13.4. The van der Waals surface area contributed by atoms with Gasteiger partial charge in [-0.25, -0.2) is 8.78 Å². The summed E-state index contributed by atoms with van der Waals surface area (Å²) in [4.78, 5) is 14.2. The SMILES string of the molecule is CCO[C@@H]1CO[C@]2(CCCN(C(=O)c3ccc(F)c(F)c3)C2)C1. The molecule has 0 N–H and O–H groups in total. The van der Waals surface area contributed by atoms with Crippen molar-refractivity contribution < 1.29 is 23.0 Å². The fraction of sp³-hybridized carbons (Fsp3) is 0.588. The molecule has 0 bridgehead atoms. The molecular formula is C17H21F2NO3. The van der Waals surface area contributed by atoms with E-state index < -0.39 is 11.6 Å². The Hall–Kier alpha value is -1.53. The Balaban J connectivity index is 1.71. The van der Waals surface area contributed by atoms with Crippen molar-refractivity contribution in [2.75, 3.05) is 26.3 Å². The number of carbonyl (C=O) groups is 1. The first-order chi connectivity index (χ1) is 11.0. The molecule has 126 valence electrons. The van der Waals surface area contributed by atoms with Crippen molar-refractivity contribution in [2.24, 2.45) is 0 Å². The minimum absolute atomic E-state index is 0.0679. The molecule has 2 saturated heterocycles. The van der Waals surface area contributed by atoms with Crippen LogP contribution in [0.1, 0.15) is 36.5 Å². The molecule has 3 rings (SSSR count). The van der Waals surface area contributed by atoms with Crippen molar-refractivity contribution in [3.63, 3.8) is 0 Å². The largest absolute Gasteiger partial charge is 0.376 e. The highest BCUT2D eigenvalue weighted by Crippen LogP contribution is 2.36. The van der Waals surface area contributed by atoms with Crippen molar-refractivity contribution in [2.45, 2.75) is 37.9 Å². The van der Waals surface area contributed by atoms with Crippen LogP contribution in [0.3, 0.4) is 0 Å². The Morgan fingerprint density at radius 3 is 3.00 bits per heavy atom. The molecule has 1 aromatic carbocycles. The predicted molar refractivity (Wildman–Crippen MR) is 80.2 cm³/mol. The number of ether oxygens (including phenoxy) is 2. The number of hydrogen-bond donors (Lipinski definition) is 0. The van der Waals surface area contributed by atoms with Crippen LogP contribution in [-0.4, -0.2) is 48.8 Å². The number of carbonyl (C=O) groups excluding carboxylic acids is 1. The average Bonchev–Trinajstić information content (AvgIpc) is 2.92. The summed E-state index contributed by atoms with van der Waals surface area (Å²) in [5, 5.41) is 0. The third kappa shape index (κ3) is 3.38. The molecule has 2 aliphatic rings. The third-order valence-electron chi connectivity index (χ3n) is 4.57. The first-order valence-corrected chi connectivity index (χ1v) is 8.03. The van der Waals surface area contributed by atoms with E-state index in [0.717, 1.165) is 31.4 Å². The van der Waals surface area contributed by atoms with Gasteiger partial charge in [0.1, 0.15) is 0 Å². The Morgan fingerprint density at radius 2 is 2.26 bits per heavy atom. The molecule has 1 aromatic rings. The topological polar surface area (TPSA) is 38.8 Å². The second-order valence-corrected chi connectivity index (χ2v) is 6.23. The molecule has 0 radical (unpaired) electrons. The highest BCUT2D eigenvalue weighted by molar-refractivity contribution is 5.94. The summed E-state index contributed by atoms with van der Waals surface area (Å²) in [5.41, 5.74) is -0.202. The lowest BCUT2D eigenvalue weighted by molar-refractivity contribution is -0.0462. The van der Waals surface area contributed by atoms with E-state index in [2.05, 4.69) is 0 Å². The van der Waals surface area contributed by atoms with E-state index in [-0.39, 0.29) is 23.2 Å². The van der Waals surface area contributed by atoms with Crippen LogP contribution in [-0.2, 0) is 9.47 Å². The molecule has 2 aliphatic heterocycles. The molecule has 2 fully saturated rings. The van der Waals surface area contributed by atoms with Crippen molar-refractivity contribution in [3.8, 4) is 0 Å². The molecule has 0 aliphatic carbocycles. The molecule has 0 unspecified atom stereocenters. The third-order valence-corrected chi connectivity index (χ3v) is 4.57. The molecule has 6 heteroatoms. The van der Waals surface area contributed by atoms with Gasteiger partial charge in [0.05, 0.1) is 24.9 Å². The summed E-state index contributed by atoms with van der Waals surface area (Å²) in [6.45, 7) is 4.20. The fourth-order valence-electron chi connectivity index (χ4n) is 3.51. The van der Waals surface area contributed by atoms with Gasteiger partial charge in [0, 0.05) is 25.1 Å². The van der Waals surface area contributed by atoms with E-state index in [9.17, 15) is 13.6 Å². The molecule has 1 amide bonds. The Bertz CT molecular complexity index is 595. The van der Waals surface area contributed by atoms with Crippen molar-refractivity contribution in [1.29, 1.82) is 0 Å². The van der Waals surface area contributed by atoms with Crippen LogP contribution < -0.4 is 0 Å². The van der Waals surface area contributed by atoms with E-state index in [0.29, 0.717) is 26.3 Å². The van der Waals surface area contributed by atoms with Gasteiger partial charge < -0.3 is 14.4 Å². The van der Waals surface area contributed by atoms with E-state index in [4.69, 9.17) is 9.47 Å². The minimum atomic E-state index is -1.00. The molecule has 23 heavy (non-hydrogen) atoms. The number of amides is 1. The van der Waals surface area contributed by atoms with Crippen LogP contribution in [0.4, 0.5) is 8.78 Å². The number of hydrogen-bond acceptors (Lipinski definition) is 3. The Kier molecular flexibility index (Phi) is 4.64. The summed E-state index contributed by atoms with van der Waals surface area (Å²) < 4.78 is 37.9. The van der Waals surface area contributed by atoms with Gasteiger partial charge >= 0.3 is 0 Å². The highest BCUT2D eigenvalue weighted by atomic mass is 19.2. The lowest BCUT2D eigenvalue weighted by Crippen LogP contribution is -2.50. The van der Waals surface area contributed by atoms with Gasteiger partial charge in [-0.15, -0.1) is 0 Å². The monoisotopic (exact) mass is 325 g/mol. The molecule has 1 spiro atoms. The lowest BCUT2D eigenvalue weighted by Gasteiger charge is -2.39. The van der Waals surface area contributed by atoms with Crippen LogP contribution in [0, 0.1) is 11.6 Å². The van der Waals surface area contributed by atoms with E-state index in [1.165, 1.54) is 6.07 Å². The van der Waals surface area contributed by atoms with Crippen molar-refractivity contribution >= 4 is 5.91 Å². The van der Waals surface area contributed by atoms with E-state index >= 15 is 0 Å².